The van der Waals surface area contributed by atoms with E-state index in [4.69, 9.17) is 22.7 Å². The fourth-order valence-electron chi connectivity index (χ4n) is 1.63. The molecule has 3 N–H and O–H groups in total. The molecule has 1 rings (SSSR count). The molecule has 3 nitrogen and oxygen atoms in total. The van der Waals surface area contributed by atoms with Crippen molar-refractivity contribution in [3.63, 3.8) is 0 Å². The van der Waals surface area contributed by atoms with Crippen molar-refractivity contribution in [3.8, 4) is 0 Å². The summed E-state index contributed by atoms with van der Waals surface area (Å²) in [5.74, 6) is 0.585. The van der Waals surface area contributed by atoms with E-state index in [2.05, 4.69) is 25.7 Å². The summed E-state index contributed by atoms with van der Waals surface area (Å²) in [5.41, 5.74) is 7.05. The Hall–Kier alpha value is -1.22. The number of nitrogens with one attached hydrogen (secondary N) is 1. The molecule has 0 heterocycles. The summed E-state index contributed by atoms with van der Waals surface area (Å²) in [7, 11) is 2.03. The SMILES string of the molecule is CC(C)C(C)N(C)c1ccc(C(=N)N)cc1Cl. The largest absolute Gasteiger partial charge is 0.384 e. The predicted octanol–water partition coefficient (Wildman–Crippen LogP) is 3.10. The summed E-state index contributed by atoms with van der Waals surface area (Å²) in [6, 6.07) is 5.88. The Kier molecular flexibility index (Phi) is 4.40. The van der Waals surface area contributed by atoms with Crippen LogP contribution in [0.5, 0.6) is 0 Å². The molecule has 0 fully saturated rings. The molecule has 0 aliphatic carbocycles. The maximum absolute atomic E-state index is 7.37. The lowest BCUT2D eigenvalue weighted by Crippen LogP contribution is -2.33. The lowest BCUT2D eigenvalue weighted by atomic mass is 10.0. The molecule has 0 saturated heterocycles. The highest BCUT2D eigenvalue weighted by molar-refractivity contribution is 6.33. The summed E-state index contributed by atoms with van der Waals surface area (Å²) in [6.07, 6.45) is 0. The van der Waals surface area contributed by atoms with Gasteiger partial charge in [0.05, 0.1) is 10.7 Å². The lowest BCUT2D eigenvalue weighted by Gasteiger charge is -2.30. The highest BCUT2D eigenvalue weighted by atomic mass is 35.5. The van der Waals surface area contributed by atoms with Gasteiger partial charge in [0.1, 0.15) is 5.84 Å². The normalized spacial score (nSPS) is 12.6. The van der Waals surface area contributed by atoms with Crippen molar-refractivity contribution in [1.82, 2.24) is 0 Å². The summed E-state index contributed by atoms with van der Waals surface area (Å²) in [5, 5.41) is 8.00. The van der Waals surface area contributed by atoms with Crippen LogP contribution in [-0.2, 0) is 0 Å². The van der Waals surface area contributed by atoms with Crippen molar-refractivity contribution in [2.45, 2.75) is 26.8 Å². The second-order valence-corrected chi connectivity index (χ2v) is 5.08. The minimum Gasteiger partial charge on any atom is -0.384 e. The Labute approximate surface area is 108 Å². The van der Waals surface area contributed by atoms with Crippen molar-refractivity contribution < 1.29 is 0 Å². The Morgan fingerprint density at radius 3 is 2.35 bits per heavy atom. The molecule has 0 aromatic heterocycles. The summed E-state index contributed by atoms with van der Waals surface area (Å²) >= 11 is 6.22. The highest BCUT2D eigenvalue weighted by Crippen LogP contribution is 2.28. The molecule has 0 amide bonds. The molecule has 1 unspecified atom stereocenters. The number of benzene rings is 1. The zero-order valence-corrected chi connectivity index (χ0v) is 11.5. The van der Waals surface area contributed by atoms with E-state index in [1.807, 2.05) is 19.2 Å². The van der Waals surface area contributed by atoms with E-state index < -0.39 is 0 Å². The maximum Gasteiger partial charge on any atom is 0.122 e. The van der Waals surface area contributed by atoms with Crippen LogP contribution in [0.15, 0.2) is 18.2 Å². The fraction of sp³-hybridized carbons (Fsp3) is 0.462. The van der Waals surface area contributed by atoms with Gasteiger partial charge in [0.25, 0.3) is 0 Å². The van der Waals surface area contributed by atoms with Crippen LogP contribution < -0.4 is 10.6 Å². The lowest BCUT2D eigenvalue weighted by molar-refractivity contribution is 0.505. The number of hydrogen-bond acceptors (Lipinski definition) is 2. The van der Waals surface area contributed by atoms with Gasteiger partial charge >= 0.3 is 0 Å². The molecular formula is C13H20ClN3. The van der Waals surface area contributed by atoms with E-state index in [0.29, 0.717) is 22.5 Å². The molecule has 0 saturated carbocycles. The van der Waals surface area contributed by atoms with E-state index >= 15 is 0 Å². The summed E-state index contributed by atoms with van der Waals surface area (Å²) in [6.45, 7) is 6.53. The van der Waals surface area contributed by atoms with Gasteiger partial charge in [-0.1, -0.05) is 25.4 Å². The van der Waals surface area contributed by atoms with Gasteiger partial charge in [0.2, 0.25) is 0 Å². The average molecular weight is 254 g/mol. The van der Waals surface area contributed by atoms with Crippen LogP contribution in [-0.4, -0.2) is 18.9 Å². The van der Waals surface area contributed by atoms with Gasteiger partial charge < -0.3 is 10.6 Å². The topological polar surface area (TPSA) is 53.1 Å². The quantitative estimate of drug-likeness (QED) is 0.640. The van der Waals surface area contributed by atoms with E-state index in [0.717, 1.165) is 5.69 Å². The zero-order valence-electron chi connectivity index (χ0n) is 10.8. The van der Waals surface area contributed by atoms with E-state index in [1.54, 1.807) is 6.07 Å². The second-order valence-electron chi connectivity index (χ2n) is 4.68. The zero-order chi connectivity index (χ0) is 13.2. The van der Waals surface area contributed by atoms with E-state index in [-0.39, 0.29) is 5.84 Å². The van der Waals surface area contributed by atoms with Crippen LogP contribution in [0.2, 0.25) is 5.02 Å². The molecule has 0 aliphatic rings. The van der Waals surface area contributed by atoms with Gasteiger partial charge in [0, 0.05) is 18.7 Å². The smallest absolute Gasteiger partial charge is 0.122 e. The molecule has 0 spiro atoms. The van der Waals surface area contributed by atoms with Crippen molar-refractivity contribution in [2.75, 3.05) is 11.9 Å². The second kappa shape index (κ2) is 5.41. The monoisotopic (exact) mass is 253 g/mol. The number of nitrogens with zero attached hydrogens (tertiary/aromatic N) is 1. The minimum absolute atomic E-state index is 0.0398. The van der Waals surface area contributed by atoms with Gasteiger partial charge in [-0.15, -0.1) is 0 Å². The van der Waals surface area contributed by atoms with Crippen LogP contribution in [0, 0.1) is 11.3 Å². The first-order chi connectivity index (χ1) is 7.84. The molecule has 1 aromatic carbocycles. The average Bonchev–Trinajstić information content (AvgIpc) is 2.26. The number of amidine groups is 1. The van der Waals surface area contributed by atoms with Crippen LogP contribution in [0.25, 0.3) is 0 Å². The van der Waals surface area contributed by atoms with Crippen molar-refractivity contribution in [1.29, 1.82) is 5.41 Å². The third kappa shape index (κ3) is 3.13. The van der Waals surface area contributed by atoms with Crippen LogP contribution in [0.1, 0.15) is 26.3 Å². The van der Waals surface area contributed by atoms with Crippen molar-refractivity contribution in [2.24, 2.45) is 11.7 Å². The maximum atomic E-state index is 7.37. The fourth-order valence-corrected chi connectivity index (χ4v) is 1.94. The third-order valence-electron chi connectivity index (χ3n) is 3.21. The number of rotatable bonds is 4. The molecule has 17 heavy (non-hydrogen) atoms. The molecule has 0 bridgehead atoms. The van der Waals surface area contributed by atoms with Crippen molar-refractivity contribution in [3.05, 3.63) is 28.8 Å². The van der Waals surface area contributed by atoms with E-state index in [1.165, 1.54) is 0 Å². The summed E-state index contributed by atoms with van der Waals surface area (Å²) < 4.78 is 0. The first-order valence-corrected chi connectivity index (χ1v) is 6.09. The molecule has 1 atom stereocenters. The molecular weight excluding hydrogens is 234 g/mol. The van der Waals surface area contributed by atoms with Crippen molar-refractivity contribution >= 4 is 23.1 Å². The molecule has 4 heteroatoms. The van der Waals surface area contributed by atoms with Gasteiger partial charge in [-0.2, -0.15) is 0 Å². The highest BCUT2D eigenvalue weighted by Gasteiger charge is 2.16. The first kappa shape index (κ1) is 13.8. The van der Waals surface area contributed by atoms with Crippen LogP contribution in [0.3, 0.4) is 0 Å². The Balaban J connectivity index is 3.03. The van der Waals surface area contributed by atoms with Gasteiger partial charge in [-0.3, -0.25) is 5.41 Å². The summed E-state index contributed by atoms with van der Waals surface area (Å²) in [4.78, 5) is 2.15. The number of anilines is 1. The standard InChI is InChI=1S/C13H20ClN3/c1-8(2)9(3)17(4)12-6-5-10(13(15)16)7-11(12)14/h5-9H,1-4H3,(H3,15,16). The van der Waals surface area contributed by atoms with Gasteiger partial charge in [0.15, 0.2) is 0 Å². The number of hydrogen-bond donors (Lipinski definition) is 2. The Morgan fingerprint density at radius 1 is 1.35 bits per heavy atom. The Bertz CT molecular complexity index is 415. The molecule has 94 valence electrons. The molecule has 0 aliphatic heterocycles. The number of nitrogen functional groups attached to an aromatic ring is 1. The Morgan fingerprint density at radius 2 is 1.94 bits per heavy atom. The van der Waals surface area contributed by atoms with Gasteiger partial charge in [-0.05, 0) is 31.0 Å². The van der Waals surface area contributed by atoms with Crippen LogP contribution in [0.4, 0.5) is 5.69 Å². The predicted molar refractivity (Wildman–Crippen MR) is 75.2 cm³/mol. The third-order valence-corrected chi connectivity index (χ3v) is 3.52. The molecule has 0 radical (unpaired) electrons. The first-order valence-electron chi connectivity index (χ1n) is 5.71. The van der Waals surface area contributed by atoms with Gasteiger partial charge in [-0.25, -0.2) is 0 Å². The van der Waals surface area contributed by atoms with E-state index in [9.17, 15) is 0 Å². The minimum atomic E-state index is 0.0398. The number of halogens is 1. The van der Waals surface area contributed by atoms with Crippen LogP contribution >= 0.6 is 11.6 Å². The number of nitrogens with two attached hydrogens (primary N) is 1. The molecule has 1 aromatic rings.